The number of hydrogen-bond acceptors (Lipinski definition) is 4. The molecule has 0 unspecified atom stereocenters. The molecule has 2 rings (SSSR count). The van der Waals surface area contributed by atoms with E-state index in [1.807, 2.05) is 0 Å². The van der Waals surface area contributed by atoms with Gasteiger partial charge in [0.2, 0.25) is 0 Å². The van der Waals surface area contributed by atoms with Gasteiger partial charge in [-0.15, -0.1) is 0 Å². The van der Waals surface area contributed by atoms with Gasteiger partial charge in [0.15, 0.2) is 0 Å². The number of benzene rings is 2. The monoisotopic (exact) mass is 370 g/mol. The number of nitro groups is 1. The van der Waals surface area contributed by atoms with E-state index >= 15 is 0 Å². The average Bonchev–Trinajstić information content (AvgIpc) is 2.47. The van der Waals surface area contributed by atoms with Gasteiger partial charge in [-0.3, -0.25) is 15.1 Å². The first kappa shape index (κ1) is 16.0. The van der Waals surface area contributed by atoms with Gasteiger partial charge in [0.25, 0.3) is 5.69 Å². The highest BCUT2D eigenvalue weighted by Gasteiger charge is 2.09. The van der Waals surface area contributed by atoms with E-state index in [1.165, 1.54) is 30.5 Å². The van der Waals surface area contributed by atoms with Gasteiger partial charge in [-0.1, -0.05) is 22.0 Å². The fourth-order valence-electron chi connectivity index (χ4n) is 1.65. The molecule has 0 radical (unpaired) electrons. The molecule has 0 bridgehead atoms. The molecule has 0 saturated heterocycles. The Kier molecular flexibility index (Phi) is 5.16. The molecule has 0 aliphatic heterocycles. The van der Waals surface area contributed by atoms with E-state index in [1.54, 1.807) is 18.2 Å². The molecule has 0 saturated carbocycles. The van der Waals surface area contributed by atoms with Gasteiger partial charge in [0.05, 0.1) is 10.6 Å². The van der Waals surface area contributed by atoms with Crippen LogP contribution in [-0.2, 0) is 0 Å². The highest BCUT2D eigenvalue weighted by Crippen LogP contribution is 2.25. The summed E-state index contributed by atoms with van der Waals surface area (Å²) >= 11 is 3.23. The first-order chi connectivity index (χ1) is 10.5. The third-order valence-electron chi connectivity index (χ3n) is 2.58. The SMILES string of the molecule is O=[N+]([O-])c1cccc(N=Cc2cc(Br)ccc2OC(F)F)c1. The predicted octanol–water partition coefficient (Wildman–Crippen LogP) is 4.71. The average molecular weight is 371 g/mol. The summed E-state index contributed by atoms with van der Waals surface area (Å²) in [5.74, 6) is -0.0348. The van der Waals surface area contributed by atoms with Gasteiger partial charge in [-0.25, -0.2) is 0 Å². The van der Waals surface area contributed by atoms with Crippen LogP contribution in [0.15, 0.2) is 51.9 Å². The van der Waals surface area contributed by atoms with E-state index in [-0.39, 0.29) is 11.4 Å². The Bertz CT molecular complexity index is 723. The van der Waals surface area contributed by atoms with Crippen molar-refractivity contribution < 1.29 is 18.4 Å². The van der Waals surface area contributed by atoms with E-state index in [2.05, 4.69) is 25.7 Å². The maximum absolute atomic E-state index is 12.4. The third kappa shape index (κ3) is 4.32. The standard InChI is InChI=1S/C14H9BrF2N2O3/c15-10-4-5-13(22-14(16)17)9(6-10)8-18-11-2-1-3-12(7-11)19(20)21/h1-8,14H. The molecule has 8 heteroatoms. The largest absolute Gasteiger partial charge is 0.434 e. The number of rotatable bonds is 5. The Morgan fingerprint density at radius 1 is 1.27 bits per heavy atom. The van der Waals surface area contributed by atoms with E-state index in [9.17, 15) is 18.9 Å². The smallest absolute Gasteiger partial charge is 0.387 e. The summed E-state index contributed by atoms with van der Waals surface area (Å²) in [4.78, 5) is 14.2. The van der Waals surface area contributed by atoms with E-state index in [0.717, 1.165) is 0 Å². The molecular formula is C14H9BrF2N2O3. The Balaban J connectivity index is 2.31. The lowest BCUT2D eigenvalue weighted by Crippen LogP contribution is -2.04. The summed E-state index contributed by atoms with van der Waals surface area (Å²) < 4.78 is 29.8. The summed E-state index contributed by atoms with van der Waals surface area (Å²) in [6, 6.07) is 10.2. The minimum atomic E-state index is -2.95. The minimum Gasteiger partial charge on any atom is -0.434 e. The first-order valence-electron chi connectivity index (χ1n) is 5.98. The number of non-ortho nitro benzene ring substituents is 1. The van der Waals surface area contributed by atoms with Gasteiger partial charge in [0, 0.05) is 28.4 Å². The van der Waals surface area contributed by atoms with Crippen LogP contribution in [-0.4, -0.2) is 17.7 Å². The summed E-state index contributed by atoms with van der Waals surface area (Å²) in [6.07, 6.45) is 1.31. The van der Waals surface area contributed by atoms with Crippen molar-refractivity contribution in [2.75, 3.05) is 0 Å². The summed E-state index contributed by atoms with van der Waals surface area (Å²) in [5.41, 5.74) is 0.547. The van der Waals surface area contributed by atoms with Crippen molar-refractivity contribution in [3.05, 3.63) is 62.6 Å². The van der Waals surface area contributed by atoms with Crippen LogP contribution in [0.4, 0.5) is 20.2 Å². The van der Waals surface area contributed by atoms with Crippen molar-refractivity contribution in [2.45, 2.75) is 6.61 Å². The quantitative estimate of drug-likeness (QED) is 0.434. The maximum Gasteiger partial charge on any atom is 0.387 e. The molecule has 0 heterocycles. The van der Waals surface area contributed by atoms with Crippen molar-refractivity contribution in [3.63, 3.8) is 0 Å². The van der Waals surface area contributed by atoms with Crippen LogP contribution in [0.1, 0.15) is 5.56 Å². The molecule has 0 aromatic heterocycles. The second-order valence-corrected chi connectivity index (χ2v) is 5.01. The summed E-state index contributed by atoms with van der Waals surface area (Å²) in [5, 5.41) is 10.7. The van der Waals surface area contributed by atoms with Crippen LogP contribution in [0.3, 0.4) is 0 Å². The highest BCUT2D eigenvalue weighted by molar-refractivity contribution is 9.10. The summed E-state index contributed by atoms with van der Waals surface area (Å²) in [7, 11) is 0. The van der Waals surface area contributed by atoms with Crippen molar-refractivity contribution >= 4 is 33.5 Å². The van der Waals surface area contributed by atoms with Crippen LogP contribution in [0.5, 0.6) is 5.75 Å². The fraction of sp³-hybridized carbons (Fsp3) is 0.0714. The van der Waals surface area contributed by atoms with E-state index < -0.39 is 11.5 Å². The molecule has 0 aliphatic rings. The zero-order chi connectivity index (χ0) is 16.1. The molecule has 0 amide bonds. The number of aliphatic imine (C=N–C) groups is 1. The first-order valence-corrected chi connectivity index (χ1v) is 6.78. The van der Waals surface area contributed by atoms with Crippen LogP contribution < -0.4 is 4.74 Å². The number of hydrogen-bond donors (Lipinski definition) is 0. The molecule has 2 aromatic rings. The lowest BCUT2D eigenvalue weighted by molar-refractivity contribution is -0.384. The van der Waals surface area contributed by atoms with E-state index in [4.69, 9.17) is 0 Å². The van der Waals surface area contributed by atoms with Gasteiger partial charge in [0.1, 0.15) is 5.75 Å². The van der Waals surface area contributed by atoms with Gasteiger partial charge in [-0.05, 0) is 24.3 Å². The van der Waals surface area contributed by atoms with Gasteiger partial charge in [-0.2, -0.15) is 8.78 Å². The van der Waals surface area contributed by atoms with Crippen molar-refractivity contribution in [1.29, 1.82) is 0 Å². The molecule has 22 heavy (non-hydrogen) atoms. The fourth-order valence-corrected chi connectivity index (χ4v) is 2.03. The molecule has 114 valence electrons. The highest BCUT2D eigenvalue weighted by atomic mass is 79.9. The van der Waals surface area contributed by atoms with Crippen molar-refractivity contribution in [2.24, 2.45) is 4.99 Å². The number of nitro benzene ring substituents is 1. The maximum atomic E-state index is 12.4. The molecule has 5 nitrogen and oxygen atoms in total. The van der Waals surface area contributed by atoms with Gasteiger partial charge >= 0.3 is 6.61 Å². The number of ether oxygens (including phenoxy) is 1. The summed E-state index contributed by atoms with van der Waals surface area (Å²) in [6.45, 7) is -2.95. The van der Waals surface area contributed by atoms with Crippen molar-refractivity contribution in [3.8, 4) is 5.75 Å². The Hall–Kier alpha value is -2.35. The Labute approximate surface area is 132 Å². The topological polar surface area (TPSA) is 64.7 Å². The molecule has 0 aliphatic carbocycles. The Morgan fingerprint density at radius 2 is 2.05 bits per heavy atom. The van der Waals surface area contributed by atoms with E-state index in [0.29, 0.717) is 15.7 Å². The Morgan fingerprint density at radius 3 is 2.73 bits per heavy atom. The van der Waals surface area contributed by atoms with Crippen molar-refractivity contribution in [1.82, 2.24) is 0 Å². The number of nitrogens with zero attached hydrogens (tertiary/aromatic N) is 2. The molecular weight excluding hydrogens is 362 g/mol. The van der Waals surface area contributed by atoms with Crippen LogP contribution in [0, 0.1) is 10.1 Å². The second kappa shape index (κ2) is 7.08. The molecule has 2 aromatic carbocycles. The normalized spacial score (nSPS) is 11.1. The van der Waals surface area contributed by atoms with Crippen LogP contribution >= 0.6 is 15.9 Å². The zero-order valence-corrected chi connectivity index (χ0v) is 12.5. The molecule has 0 spiro atoms. The lowest BCUT2D eigenvalue weighted by Gasteiger charge is -2.07. The predicted molar refractivity (Wildman–Crippen MR) is 81.1 cm³/mol. The van der Waals surface area contributed by atoms with Gasteiger partial charge < -0.3 is 4.74 Å². The molecule has 0 fully saturated rings. The van der Waals surface area contributed by atoms with Crippen LogP contribution in [0.25, 0.3) is 0 Å². The number of halogens is 3. The molecule has 0 atom stereocenters. The second-order valence-electron chi connectivity index (χ2n) is 4.10. The molecule has 0 N–H and O–H groups in total. The minimum absolute atomic E-state index is 0.0348. The lowest BCUT2D eigenvalue weighted by atomic mass is 10.2. The zero-order valence-electron chi connectivity index (χ0n) is 10.9. The number of alkyl halides is 2. The third-order valence-corrected chi connectivity index (χ3v) is 3.07. The van der Waals surface area contributed by atoms with Crippen LogP contribution in [0.2, 0.25) is 0 Å².